The van der Waals surface area contributed by atoms with Gasteiger partial charge in [0.15, 0.2) is 0 Å². The monoisotopic (exact) mass is 327 g/mol. The molecule has 1 saturated carbocycles. The Bertz CT molecular complexity index is 394. The molecular formula is C17H29NO5. The molecule has 0 radical (unpaired) electrons. The maximum atomic E-state index is 12.5. The second kappa shape index (κ2) is 9.23. The third kappa shape index (κ3) is 6.11. The summed E-state index contributed by atoms with van der Waals surface area (Å²) >= 11 is 0. The maximum Gasteiger partial charge on any atom is 0.305 e. The van der Waals surface area contributed by atoms with Gasteiger partial charge in [-0.25, -0.2) is 0 Å². The average molecular weight is 327 g/mol. The van der Waals surface area contributed by atoms with Crippen molar-refractivity contribution in [3.05, 3.63) is 0 Å². The van der Waals surface area contributed by atoms with Gasteiger partial charge in [0, 0.05) is 25.8 Å². The topological polar surface area (TPSA) is 76.1 Å². The lowest BCUT2D eigenvalue weighted by Crippen LogP contribution is -2.46. The largest absolute Gasteiger partial charge is 0.481 e. The van der Waals surface area contributed by atoms with Crippen molar-refractivity contribution in [2.45, 2.75) is 64.0 Å². The maximum absolute atomic E-state index is 12.5. The molecule has 2 atom stereocenters. The molecule has 1 saturated heterocycles. The van der Waals surface area contributed by atoms with Gasteiger partial charge >= 0.3 is 5.97 Å². The number of hydrogen-bond donors (Lipinski definition) is 1. The summed E-state index contributed by atoms with van der Waals surface area (Å²) in [5, 5.41) is 8.91. The van der Waals surface area contributed by atoms with Crippen LogP contribution in [0.25, 0.3) is 0 Å². The molecule has 6 heteroatoms. The Hall–Kier alpha value is -1.14. The van der Waals surface area contributed by atoms with Crippen molar-refractivity contribution in [1.29, 1.82) is 0 Å². The number of rotatable bonds is 7. The summed E-state index contributed by atoms with van der Waals surface area (Å²) in [4.78, 5) is 25.1. The van der Waals surface area contributed by atoms with Crippen LogP contribution in [-0.2, 0) is 19.1 Å². The highest BCUT2D eigenvalue weighted by Gasteiger charge is 2.27. The van der Waals surface area contributed by atoms with Crippen molar-refractivity contribution >= 4 is 11.9 Å². The molecular weight excluding hydrogens is 298 g/mol. The van der Waals surface area contributed by atoms with Crippen LogP contribution in [-0.4, -0.2) is 60.4 Å². The van der Waals surface area contributed by atoms with E-state index in [0.29, 0.717) is 19.1 Å². The number of carbonyl (C=O) groups excluding carboxylic acids is 1. The first-order valence-corrected chi connectivity index (χ1v) is 8.77. The van der Waals surface area contributed by atoms with E-state index in [4.69, 9.17) is 14.6 Å². The number of carbonyl (C=O) groups is 2. The van der Waals surface area contributed by atoms with Gasteiger partial charge in [-0.3, -0.25) is 9.59 Å². The van der Waals surface area contributed by atoms with Gasteiger partial charge in [-0.05, 0) is 31.6 Å². The van der Waals surface area contributed by atoms with E-state index in [0.717, 1.165) is 32.1 Å². The van der Waals surface area contributed by atoms with Gasteiger partial charge in [0.05, 0.1) is 12.5 Å². The zero-order valence-electron chi connectivity index (χ0n) is 14.0. The number of ether oxygens (including phenoxy) is 2. The standard InChI is InChI=1S/C17H29NO5/c1-13-3-2-4-15(11-13)23-12-16(19)18(8-5-17(20)21)14-6-9-22-10-7-14/h13-15H,2-12H2,1H3,(H,20,21)/t13-,15+/m0/s1. The fraction of sp³-hybridized carbons (Fsp3) is 0.882. The highest BCUT2D eigenvalue weighted by molar-refractivity contribution is 5.78. The molecule has 1 aliphatic heterocycles. The summed E-state index contributed by atoms with van der Waals surface area (Å²) in [6, 6.07) is 0.0736. The summed E-state index contributed by atoms with van der Waals surface area (Å²) in [5.74, 6) is -0.310. The van der Waals surface area contributed by atoms with Gasteiger partial charge in [-0.1, -0.05) is 19.8 Å². The third-order valence-electron chi connectivity index (χ3n) is 4.85. The molecule has 132 valence electrons. The molecule has 1 aliphatic carbocycles. The predicted octanol–water partition coefficient (Wildman–Crippen LogP) is 2.06. The minimum absolute atomic E-state index is 0.0242. The number of carboxylic acids is 1. The first-order chi connectivity index (χ1) is 11.1. The van der Waals surface area contributed by atoms with Crippen molar-refractivity contribution in [3.8, 4) is 0 Å². The van der Waals surface area contributed by atoms with Crippen LogP contribution in [0.2, 0.25) is 0 Å². The van der Waals surface area contributed by atoms with Crippen LogP contribution in [0.15, 0.2) is 0 Å². The molecule has 1 N–H and O–H groups in total. The van der Waals surface area contributed by atoms with Crippen molar-refractivity contribution in [3.63, 3.8) is 0 Å². The van der Waals surface area contributed by atoms with Crippen LogP contribution in [0.4, 0.5) is 0 Å². The normalized spacial score (nSPS) is 26.0. The Kier molecular flexibility index (Phi) is 7.30. The van der Waals surface area contributed by atoms with Crippen LogP contribution in [0.3, 0.4) is 0 Å². The van der Waals surface area contributed by atoms with E-state index < -0.39 is 5.97 Å². The zero-order chi connectivity index (χ0) is 16.7. The molecule has 2 fully saturated rings. The highest BCUT2D eigenvalue weighted by Crippen LogP contribution is 2.26. The number of carboxylic acid groups (broad SMARTS) is 1. The van der Waals surface area contributed by atoms with Crippen LogP contribution < -0.4 is 0 Å². The molecule has 1 heterocycles. The molecule has 2 rings (SSSR count). The molecule has 6 nitrogen and oxygen atoms in total. The fourth-order valence-corrected chi connectivity index (χ4v) is 3.53. The van der Waals surface area contributed by atoms with Crippen LogP contribution in [0.5, 0.6) is 0 Å². The molecule has 0 unspecified atom stereocenters. The Morgan fingerprint density at radius 1 is 1.22 bits per heavy atom. The first kappa shape index (κ1) is 18.2. The van der Waals surface area contributed by atoms with E-state index in [2.05, 4.69) is 6.92 Å². The molecule has 1 amide bonds. The Morgan fingerprint density at radius 2 is 1.96 bits per heavy atom. The highest BCUT2D eigenvalue weighted by atomic mass is 16.5. The number of aliphatic carboxylic acids is 1. The summed E-state index contributed by atoms with van der Waals surface area (Å²) in [6.07, 6.45) is 6.10. The smallest absolute Gasteiger partial charge is 0.305 e. The zero-order valence-corrected chi connectivity index (χ0v) is 14.0. The molecule has 0 spiro atoms. The first-order valence-electron chi connectivity index (χ1n) is 8.77. The van der Waals surface area contributed by atoms with E-state index >= 15 is 0 Å². The SMILES string of the molecule is C[C@H]1CCC[C@@H](OCC(=O)N(CCC(=O)O)C2CCOCC2)C1. The van der Waals surface area contributed by atoms with Crippen molar-refractivity contribution in [2.75, 3.05) is 26.4 Å². The van der Waals surface area contributed by atoms with Gasteiger partial charge in [-0.2, -0.15) is 0 Å². The minimum Gasteiger partial charge on any atom is -0.481 e. The lowest BCUT2D eigenvalue weighted by molar-refractivity contribution is -0.145. The van der Waals surface area contributed by atoms with E-state index in [-0.39, 0.29) is 37.6 Å². The summed E-state index contributed by atoms with van der Waals surface area (Å²) in [5.41, 5.74) is 0. The molecule has 0 aromatic rings. The Balaban J connectivity index is 1.85. The number of amides is 1. The van der Waals surface area contributed by atoms with Crippen LogP contribution >= 0.6 is 0 Å². The lowest BCUT2D eigenvalue weighted by atomic mass is 9.89. The number of hydrogen-bond acceptors (Lipinski definition) is 4. The quantitative estimate of drug-likeness (QED) is 0.774. The average Bonchev–Trinajstić information content (AvgIpc) is 2.54. The molecule has 2 aliphatic rings. The van der Waals surface area contributed by atoms with Crippen LogP contribution in [0.1, 0.15) is 51.9 Å². The number of nitrogens with zero attached hydrogens (tertiary/aromatic N) is 1. The molecule has 0 aromatic heterocycles. The fourth-order valence-electron chi connectivity index (χ4n) is 3.53. The van der Waals surface area contributed by atoms with Gasteiger partial charge in [0.25, 0.3) is 0 Å². The van der Waals surface area contributed by atoms with Gasteiger partial charge in [0.1, 0.15) is 6.61 Å². The van der Waals surface area contributed by atoms with E-state index in [1.165, 1.54) is 6.42 Å². The van der Waals surface area contributed by atoms with Gasteiger partial charge in [-0.15, -0.1) is 0 Å². The van der Waals surface area contributed by atoms with E-state index in [1.807, 2.05) is 0 Å². The molecule has 0 bridgehead atoms. The minimum atomic E-state index is -0.878. The van der Waals surface area contributed by atoms with Gasteiger partial charge < -0.3 is 19.5 Å². The molecule has 23 heavy (non-hydrogen) atoms. The van der Waals surface area contributed by atoms with Gasteiger partial charge in [0.2, 0.25) is 5.91 Å². The van der Waals surface area contributed by atoms with Crippen molar-refractivity contribution in [1.82, 2.24) is 4.90 Å². The Labute approximate surface area is 138 Å². The summed E-state index contributed by atoms with van der Waals surface area (Å²) in [6.45, 7) is 3.79. The van der Waals surface area contributed by atoms with E-state index in [1.54, 1.807) is 4.90 Å². The van der Waals surface area contributed by atoms with Crippen LogP contribution in [0, 0.1) is 5.92 Å². The third-order valence-corrected chi connectivity index (χ3v) is 4.85. The summed E-state index contributed by atoms with van der Waals surface area (Å²) < 4.78 is 11.2. The van der Waals surface area contributed by atoms with Crippen molar-refractivity contribution in [2.24, 2.45) is 5.92 Å². The predicted molar refractivity (Wildman–Crippen MR) is 85.2 cm³/mol. The van der Waals surface area contributed by atoms with E-state index in [9.17, 15) is 9.59 Å². The summed E-state index contributed by atoms with van der Waals surface area (Å²) in [7, 11) is 0. The van der Waals surface area contributed by atoms with Crippen molar-refractivity contribution < 1.29 is 24.2 Å². The Morgan fingerprint density at radius 3 is 2.61 bits per heavy atom. The second-order valence-corrected chi connectivity index (χ2v) is 6.78. The molecule has 0 aromatic carbocycles. The second-order valence-electron chi connectivity index (χ2n) is 6.78. The lowest BCUT2D eigenvalue weighted by Gasteiger charge is -2.35.